The van der Waals surface area contributed by atoms with E-state index in [2.05, 4.69) is 38.1 Å². The smallest absolute Gasteiger partial charge is 0.457 e. The second-order valence-electron chi connectivity index (χ2n) is 8.13. The van der Waals surface area contributed by atoms with Crippen molar-refractivity contribution in [3.05, 3.63) is 50.8 Å². The Labute approximate surface area is 231 Å². The van der Waals surface area contributed by atoms with Gasteiger partial charge >= 0.3 is 29.4 Å². The Morgan fingerprint density at radius 3 is 2.69 bits per heavy atom. The molecule has 4 heterocycles. The summed E-state index contributed by atoms with van der Waals surface area (Å²) in [4.78, 5) is 74.4. The highest BCUT2D eigenvalue weighted by Gasteiger charge is 2.44. The van der Waals surface area contributed by atoms with Crippen LogP contribution in [-0.2, 0) is 42.9 Å². The highest BCUT2D eigenvalue weighted by Crippen LogP contribution is 2.66. The fourth-order valence-electron chi connectivity index (χ4n) is 3.71. The predicted molar refractivity (Wildman–Crippen MR) is 132 cm³/mol. The Hall–Kier alpha value is -3.42. The second-order valence-corrected chi connectivity index (χ2v) is 12.6. The minimum Gasteiger partial charge on any atom is -0.457 e. The van der Waals surface area contributed by atoms with Gasteiger partial charge in [-0.3, -0.25) is 18.9 Å². The first-order valence-corrected chi connectivity index (χ1v) is 15.5. The molecular formula is C16H19N8O15P3. The number of phosphoric ester groups is 1. The maximum absolute atomic E-state index is 12.9. The third-order valence-electron chi connectivity index (χ3n) is 5.25. The number of anilines is 1. The lowest BCUT2D eigenvalue weighted by atomic mass is 10.2. The molecule has 228 valence electrons. The number of aromatic nitrogens is 4. The van der Waals surface area contributed by atoms with Gasteiger partial charge < -0.3 is 39.2 Å². The number of furan rings is 1. The van der Waals surface area contributed by atoms with Crippen LogP contribution in [0.25, 0.3) is 21.6 Å². The quantitative estimate of drug-likeness (QED) is 0.0519. The number of nitrogen functional groups attached to an aromatic ring is 1. The van der Waals surface area contributed by atoms with Gasteiger partial charge in [0.2, 0.25) is 11.7 Å². The number of hydrogen-bond acceptors (Lipinski definition) is 15. The van der Waals surface area contributed by atoms with Gasteiger partial charge in [-0.2, -0.15) is 13.6 Å². The number of rotatable bonds is 12. The van der Waals surface area contributed by atoms with Gasteiger partial charge in [-0.1, -0.05) is 5.11 Å². The summed E-state index contributed by atoms with van der Waals surface area (Å²) in [5.41, 5.74) is 13.5. The zero-order chi connectivity index (χ0) is 30.9. The zero-order valence-electron chi connectivity index (χ0n) is 20.5. The Bertz CT molecular complexity index is 1740. The molecule has 0 saturated carbocycles. The maximum atomic E-state index is 12.9. The highest BCUT2D eigenvalue weighted by atomic mass is 31.3. The number of esters is 1. The van der Waals surface area contributed by atoms with Crippen LogP contribution in [0, 0.1) is 0 Å². The van der Waals surface area contributed by atoms with Gasteiger partial charge in [0.25, 0.3) is 5.56 Å². The second kappa shape index (κ2) is 12.1. The van der Waals surface area contributed by atoms with Gasteiger partial charge in [0.05, 0.1) is 25.7 Å². The Morgan fingerprint density at radius 1 is 1.26 bits per heavy atom. The van der Waals surface area contributed by atoms with Crippen molar-refractivity contribution in [2.45, 2.75) is 31.4 Å². The van der Waals surface area contributed by atoms with E-state index >= 15 is 0 Å². The highest BCUT2D eigenvalue weighted by molar-refractivity contribution is 7.66. The lowest BCUT2D eigenvalue weighted by molar-refractivity contribution is -0.0497. The van der Waals surface area contributed by atoms with Gasteiger partial charge in [-0.05, 0) is 11.6 Å². The first kappa shape index (κ1) is 31.5. The maximum Gasteiger partial charge on any atom is 0.490 e. The van der Waals surface area contributed by atoms with Crippen molar-refractivity contribution < 1.29 is 65.1 Å². The van der Waals surface area contributed by atoms with Crippen molar-refractivity contribution in [1.82, 2.24) is 19.5 Å². The van der Waals surface area contributed by atoms with Crippen molar-refractivity contribution in [3.8, 4) is 0 Å². The number of nitrogens with one attached hydrogen (secondary N) is 1. The molecule has 1 fully saturated rings. The number of azide groups is 1. The molecule has 23 nitrogen and oxygen atoms in total. The summed E-state index contributed by atoms with van der Waals surface area (Å²) < 4.78 is 64.3. The molecule has 0 bridgehead atoms. The van der Waals surface area contributed by atoms with Crippen LogP contribution in [0.5, 0.6) is 0 Å². The molecule has 3 aromatic heterocycles. The lowest BCUT2D eigenvalue weighted by Gasteiger charge is -2.21. The molecule has 0 radical (unpaired) electrons. The number of nitrogens with two attached hydrogens (primary N) is 1. The number of carbonyl (C=O) groups excluding carboxylic acids is 1. The van der Waals surface area contributed by atoms with Gasteiger partial charge in [0.1, 0.15) is 18.4 Å². The number of imidazole rings is 1. The van der Waals surface area contributed by atoms with E-state index in [1.54, 1.807) is 0 Å². The molecule has 0 aliphatic carbocycles. The Kier molecular flexibility index (Phi) is 9.05. The number of aromatic amines is 1. The minimum absolute atomic E-state index is 0.0393. The summed E-state index contributed by atoms with van der Waals surface area (Å²) in [5, 5.41) is 3.34. The number of H-pyrrole nitrogens is 1. The molecule has 1 saturated heterocycles. The molecule has 0 amide bonds. The number of phosphoric acid groups is 3. The Balaban J connectivity index is 1.57. The van der Waals surface area contributed by atoms with Gasteiger partial charge in [0, 0.05) is 16.9 Å². The lowest BCUT2D eigenvalue weighted by Crippen LogP contribution is -2.31. The molecule has 0 spiro atoms. The molecule has 1 aliphatic rings. The molecule has 5 atom stereocenters. The molecule has 3 unspecified atom stereocenters. The standard InChI is InChI=1S/C16H19N8O15P3/c17-16-21-13-11(14(25)22-16)19-6-24(13)10-3-8(37-15(26)12-7(1-2-34-12)4-20-23-18)9(36-10)5-35-41(30,31)39-42(32,33)38-40(27,28)29/h1-2,6,8-10H,3-5H2,(H,30,31)(H,32,33)(H2,27,28,29)(H3,17,21,22,25)/t8?,9-,10-/m1/s1. The van der Waals surface area contributed by atoms with Crippen LogP contribution in [0.15, 0.2) is 33.0 Å². The van der Waals surface area contributed by atoms with Crippen LogP contribution in [0.3, 0.4) is 0 Å². The number of carbonyl (C=O) groups is 1. The molecule has 4 rings (SSSR count). The fraction of sp³-hybridized carbons (Fsp3) is 0.375. The summed E-state index contributed by atoms with van der Waals surface area (Å²) in [7, 11) is -17.0. The minimum atomic E-state index is -5.81. The van der Waals surface area contributed by atoms with E-state index in [1.165, 1.54) is 10.6 Å². The normalized spacial score (nSPS) is 21.9. The van der Waals surface area contributed by atoms with Gasteiger partial charge in [0.15, 0.2) is 11.2 Å². The number of ether oxygens (including phenoxy) is 2. The SMILES string of the molecule is [N-]=[N+]=NCc1ccoc1C(=O)OC1C[C@H](n2cnc3c(=O)[nH]c(N)nc32)O[C@@H]1COP(=O)(O)OP(=O)(O)OP(=O)(O)O. The molecule has 42 heavy (non-hydrogen) atoms. The average molecular weight is 656 g/mol. The van der Waals surface area contributed by atoms with E-state index in [-0.39, 0.29) is 41.4 Å². The van der Waals surface area contributed by atoms with E-state index in [4.69, 9.17) is 34.9 Å². The summed E-state index contributed by atoms with van der Waals surface area (Å²) in [5.74, 6) is -1.67. The van der Waals surface area contributed by atoms with Crippen molar-refractivity contribution in [2.24, 2.45) is 5.11 Å². The molecule has 26 heteroatoms. The Morgan fingerprint density at radius 2 is 2.00 bits per heavy atom. The topological polar surface area (TPSA) is 347 Å². The van der Waals surface area contributed by atoms with E-state index in [0.29, 0.717) is 0 Å². The fourth-order valence-corrected chi connectivity index (χ4v) is 6.74. The van der Waals surface area contributed by atoms with Crippen LogP contribution in [0.2, 0.25) is 0 Å². The van der Waals surface area contributed by atoms with Gasteiger partial charge in [-0.25, -0.2) is 23.5 Å². The first-order valence-electron chi connectivity index (χ1n) is 11.0. The number of hydrogen-bond donors (Lipinski definition) is 6. The molecule has 1 aliphatic heterocycles. The van der Waals surface area contributed by atoms with Crippen molar-refractivity contribution in [2.75, 3.05) is 12.3 Å². The third kappa shape index (κ3) is 7.69. The van der Waals surface area contributed by atoms with E-state index < -0.39 is 60.0 Å². The van der Waals surface area contributed by atoms with Crippen molar-refractivity contribution >= 4 is 46.5 Å². The van der Waals surface area contributed by atoms with Crippen LogP contribution in [0.4, 0.5) is 5.95 Å². The molecule has 7 N–H and O–H groups in total. The van der Waals surface area contributed by atoms with E-state index in [0.717, 1.165) is 12.6 Å². The van der Waals surface area contributed by atoms with Crippen LogP contribution >= 0.6 is 23.5 Å². The first-order chi connectivity index (χ1) is 19.6. The summed E-state index contributed by atoms with van der Waals surface area (Å²) in [6.07, 6.45) is -1.80. The van der Waals surface area contributed by atoms with Crippen LogP contribution in [-0.4, -0.2) is 63.9 Å². The third-order valence-corrected chi connectivity index (χ3v) is 9.06. The molecule has 0 aromatic carbocycles. The van der Waals surface area contributed by atoms with E-state index in [1.807, 2.05) is 0 Å². The monoisotopic (exact) mass is 656 g/mol. The molecular weight excluding hydrogens is 637 g/mol. The van der Waals surface area contributed by atoms with Crippen LogP contribution < -0.4 is 11.3 Å². The van der Waals surface area contributed by atoms with Crippen molar-refractivity contribution in [3.63, 3.8) is 0 Å². The average Bonchev–Trinajstić information content (AvgIpc) is 3.57. The van der Waals surface area contributed by atoms with Gasteiger partial charge in [-0.15, -0.1) is 0 Å². The zero-order valence-corrected chi connectivity index (χ0v) is 23.2. The summed E-state index contributed by atoms with van der Waals surface area (Å²) in [6.45, 7) is -1.25. The summed E-state index contributed by atoms with van der Waals surface area (Å²) >= 11 is 0. The number of fused-ring (bicyclic) bond motifs is 1. The van der Waals surface area contributed by atoms with Crippen molar-refractivity contribution in [1.29, 1.82) is 0 Å². The summed E-state index contributed by atoms with van der Waals surface area (Å²) in [6, 6.07) is 1.34. The van der Waals surface area contributed by atoms with E-state index in [9.17, 15) is 33.1 Å². The largest absolute Gasteiger partial charge is 0.490 e. The predicted octanol–water partition coefficient (Wildman–Crippen LogP) is 0.961. The number of nitrogens with zero attached hydrogens (tertiary/aromatic N) is 6. The molecule has 3 aromatic rings. The van der Waals surface area contributed by atoms with Crippen LogP contribution in [0.1, 0.15) is 28.8 Å².